The summed E-state index contributed by atoms with van der Waals surface area (Å²) in [6.07, 6.45) is 5.67. The molecule has 6 heteroatoms. The van der Waals surface area contributed by atoms with Crippen LogP contribution in [0.15, 0.2) is 12.4 Å². The lowest BCUT2D eigenvalue weighted by molar-refractivity contribution is -0.146. The zero-order valence-electron chi connectivity index (χ0n) is 11.9. The molecule has 1 unspecified atom stereocenters. The second kappa shape index (κ2) is 6.07. The van der Waals surface area contributed by atoms with Crippen molar-refractivity contribution >= 4 is 11.9 Å². The summed E-state index contributed by atoms with van der Waals surface area (Å²) in [6.45, 7) is 2.37. The van der Waals surface area contributed by atoms with Crippen LogP contribution in [0.4, 0.5) is 0 Å². The Morgan fingerprint density at radius 3 is 2.70 bits per heavy atom. The molecule has 1 heterocycles. The lowest BCUT2D eigenvalue weighted by atomic mass is 9.95. The number of aryl methyl sites for hydroxylation is 1. The van der Waals surface area contributed by atoms with Crippen LogP contribution < -0.4 is 5.32 Å². The lowest BCUT2D eigenvalue weighted by Crippen LogP contribution is -2.35. The number of hydrogen-bond donors (Lipinski definition) is 2. The number of carbonyl (C=O) groups is 2. The molecule has 6 nitrogen and oxygen atoms in total. The zero-order valence-corrected chi connectivity index (χ0v) is 11.9. The Morgan fingerprint density at radius 2 is 2.15 bits per heavy atom. The van der Waals surface area contributed by atoms with Gasteiger partial charge in [0, 0.05) is 19.4 Å². The van der Waals surface area contributed by atoms with Crippen molar-refractivity contribution in [3.63, 3.8) is 0 Å². The van der Waals surface area contributed by atoms with Crippen LogP contribution in [-0.2, 0) is 23.2 Å². The van der Waals surface area contributed by atoms with Crippen LogP contribution >= 0.6 is 0 Å². The van der Waals surface area contributed by atoms with Gasteiger partial charge in [0.15, 0.2) is 0 Å². The third kappa shape index (κ3) is 3.00. The number of hydrogen-bond acceptors (Lipinski definition) is 3. The van der Waals surface area contributed by atoms with Gasteiger partial charge in [-0.15, -0.1) is 0 Å². The van der Waals surface area contributed by atoms with Gasteiger partial charge in [-0.3, -0.25) is 9.59 Å². The first kappa shape index (κ1) is 14.6. The fourth-order valence-electron chi connectivity index (χ4n) is 2.90. The van der Waals surface area contributed by atoms with Crippen LogP contribution in [0.25, 0.3) is 0 Å². The third-order valence-electron chi connectivity index (χ3n) is 4.23. The number of carboxylic acid groups (broad SMARTS) is 1. The van der Waals surface area contributed by atoms with E-state index >= 15 is 0 Å². The Bertz CT molecular complexity index is 498. The first-order valence-electron chi connectivity index (χ1n) is 6.99. The maximum Gasteiger partial charge on any atom is 0.307 e. The summed E-state index contributed by atoms with van der Waals surface area (Å²) in [5.74, 6) is -0.913. The summed E-state index contributed by atoms with van der Waals surface area (Å²) in [7, 11) is 1.86. The predicted octanol–water partition coefficient (Wildman–Crippen LogP) is 1.17. The SMILES string of the molecule is CCC1C[C@H](C(=O)NCc2nccn2C)[C@H](C(=O)O)C1. The maximum atomic E-state index is 12.2. The fraction of sp³-hybridized carbons (Fsp3) is 0.643. The Hall–Kier alpha value is -1.85. The number of carboxylic acids is 1. The highest BCUT2D eigenvalue weighted by Crippen LogP contribution is 2.38. The Morgan fingerprint density at radius 1 is 1.45 bits per heavy atom. The molecular weight excluding hydrogens is 258 g/mol. The van der Waals surface area contributed by atoms with E-state index in [1.165, 1.54) is 0 Å². The van der Waals surface area contributed by atoms with Gasteiger partial charge in [0.1, 0.15) is 5.82 Å². The molecule has 0 aromatic carbocycles. The monoisotopic (exact) mass is 279 g/mol. The number of rotatable bonds is 5. The van der Waals surface area contributed by atoms with Crippen molar-refractivity contribution in [3.8, 4) is 0 Å². The quantitative estimate of drug-likeness (QED) is 0.847. The Balaban J connectivity index is 1.97. The largest absolute Gasteiger partial charge is 0.481 e. The van der Waals surface area contributed by atoms with Crippen molar-refractivity contribution in [3.05, 3.63) is 18.2 Å². The standard InChI is InChI=1S/C14H21N3O3/c1-3-9-6-10(11(7-9)14(19)20)13(18)16-8-12-15-4-5-17(12)2/h4-5,9-11H,3,6-8H2,1-2H3,(H,16,18)(H,19,20)/t9?,10-,11+/m0/s1. The van der Waals surface area contributed by atoms with Crippen LogP contribution in [0, 0.1) is 17.8 Å². The number of aliphatic carboxylic acids is 1. The molecule has 2 rings (SSSR count). The van der Waals surface area contributed by atoms with E-state index in [-0.39, 0.29) is 5.91 Å². The number of amides is 1. The zero-order chi connectivity index (χ0) is 14.7. The first-order valence-corrected chi connectivity index (χ1v) is 6.99. The summed E-state index contributed by atoms with van der Waals surface area (Å²) < 4.78 is 1.83. The highest BCUT2D eigenvalue weighted by molar-refractivity contribution is 5.85. The Kier molecular flexibility index (Phi) is 4.42. The van der Waals surface area contributed by atoms with Crippen molar-refractivity contribution in [1.82, 2.24) is 14.9 Å². The van der Waals surface area contributed by atoms with Crippen LogP contribution in [0.5, 0.6) is 0 Å². The molecule has 20 heavy (non-hydrogen) atoms. The van der Waals surface area contributed by atoms with Crippen molar-refractivity contribution in [2.24, 2.45) is 24.8 Å². The molecular formula is C14H21N3O3. The van der Waals surface area contributed by atoms with Crippen LogP contribution in [0.2, 0.25) is 0 Å². The van der Waals surface area contributed by atoms with E-state index in [0.717, 1.165) is 12.2 Å². The smallest absolute Gasteiger partial charge is 0.307 e. The van der Waals surface area contributed by atoms with Gasteiger partial charge in [-0.05, 0) is 18.8 Å². The van der Waals surface area contributed by atoms with Crippen molar-refractivity contribution in [1.29, 1.82) is 0 Å². The van der Waals surface area contributed by atoms with Crippen molar-refractivity contribution in [2.45, 2.75) is 32.7 Å². The molecule has 0 spiro atoms. The number of carbonyl (C=O) groups excluding carboxylic acids is 1. The predicted molar refractivity (Wildman–Crippen MR) is 72.7 cm³/mol. The molecule has 1 amide bonds. The summed E-state index contributed by atoms with van der Waals surface area (Å²) in [5.41, 5.74) is 0. The summed E-state index contributed by atoms with van der Waals surface area (Å²) in [5, 5.41) is 12.1. The van der Waals surface area contributed by atoms with Gasteiger partial charge in [0.05, 0.1) is 18.4 Å². The van der Waals surface area contributed by atoms with Gasteiger partial charge in [-0.2, -0.15) is 0 Å². The minimum Gasteiger partial charge on any atom is -0.481 e. The number of imidazole rings is 1. The van der Waals surface area contributed by atoms with E-state index in [9.17, 15) is 14.7 Å². The van der Waals surface area contributed by atoms with E-state index in [2.05, 4.69) is 10.3 Å². The highest BCUT2D eigenvalue weighted by atomic mass is 16.4. The van der Waals surface area contributed by atoms with Gasteiger partial charge in [-0.25, -0.2) is 4.98 Å². The minimum atomic E-state index is -0.863. The molecule has 1 aromatic rings. The fourth-order valence-corrected chi connectivity index (χ4v) is 2.90. The molecule has 110 valence electrons. The van der Waals surface area contributed by atoms with Crippen molar-refractivity contribution in [2.75, 3.05) is 0 Å². The number of nitrogens with one attached hydrogen (secondary N) is 1. The normalized spacial score (nSPS) is 25.6. The minimum absolute atomic E-state index is 0.170. The van der Waals surface area contributed by atoms with Gasteiger partial charge in [-0.1, -0.05) is 13.3 Å². The molecule has 1 aliphatic carbocycles. The van der Waals surface area contributed by atoms with Crippen LogP contribution in [0.1, 0.15) is 32.0 Å². The van der Waals surface area contributed by atoms with Gasteiger partial charge in [0.2, 0.25) is 5.91 Å². The van der Waals surface area contributed by atoms with Gasteiger partial charge in [0.25, 0.3) is 0 Å². The van der Waals surface area contributed by atoms with E-state index < -0.39 is 17.8 Å². The van der Waals surface area contributed by atoms with Gasteiger partial charge >= 0.3 is 5.97 Å². The number of aromatic nitrogens is 2. The third-order valence-corrected chi connectivity index (χ3v) is 4.23. The summed E-state index contributed by atoms with van der Waals surface area (Å²) in [4.78, 5) is 27.6. The average Bonchev–Trinajstić information content (AvgIpc) is 3.02. The number of nitrogens with zero attached hydrogens (tertiary/aromatic N) is 2. The average molecular weight is 279 g/mol. The van der Waals surface area contributed by atoms with E-state index in [4.69, 9.17) is 0 Å². The first-order chi connectivity index (χ1) is 9.52. The molecule has 1 fully saturated rings. The second-order valence-electron chi connectivity index (χ2n) is 5.47. The molecule has 1 saturated carbocycles. The maximum absolute atomic E-state index is 12.2. The molecule has 2 N–H and O–H groups in total. The second-order valence-corrected chi connectivity index (χ2v) is 5.47. The highest BCUT2D eigenvalue weighted by Gasteiger charge is 2.41. The van der Waals surface area contributed by atoms with E-state index in [1.807, 2.05) is 24.7 Å². The molecule has 3 atom stereocenters. The lowest BCUT2D eigenvalue weighted by Gasteiger charge is -2.15. The van der Waals surface area contributed by atoms with E-state index in [1.54, 1.807) is 6.20 Å². The van der Waals surface area contributed by atoms with Crippen LogP contribution in [-0.4, -0.2) is 26.5 Å². The molecule has 0 radical (unpaired) electrons. The molecule has 0 aliphatic heterocycles. The van der Waals surface area contributed by atoms with E-state index in [0.29, 0.717) is 25.3 Å². The van der Waals surface area contributed by atoms with Crippen molar-refractivity contribution < 1.29 is 14.7 Å². The van der Waals surface area contributed by atoms with Crippen LogP contribution in [0.3, 0.4) is 0 Å². The topological polar surface area (TPSA) is 84.2 Å². The summed E-state index contributed by atoms with van der Waals surface area (Å²) in [6, 6.07) is 0. The molecule has 1 aromatic heterocycles. The summed E-state index contributed by atoms with van der Waals surface area (Å²) >= 11 is 0. The molecule has 0 bridgehead atoms. The molecule has 1 aliphatic rings. The molecule has 0 saturated heterocycles. The van der Waals surface area contributed by atoms with Gasteiger partial charge < -0.3 is 15.0 Å². The Labute approximate surface area is 118 Å².